The van der Waals surface area contributed by atoms with Crippen LogP contribution in [0.4, 0.5) is 4.79 Å². The summed E-state index contributed by atoms with van der Waals surface area (Å²) in [6.45, 7) is 0.0883. The Balaban J connectivity index is 0.00000217. The van der Waals surface area contributed by atoms with Gasteiger partial charge in [0.1, 0.15) is 34.3 Å². The molecule has 3 atom stereocenters. The van der Waals surface area contributed by atoms with Gasteiger partial charge in [0, 0.05) is 23.0 Å². The molecule has 0 bridgehead atoms. The summed E-state index contributed by atoms with van der Waals surface area (Å²) in [4.78, 5) is 42.9. The zero-order chi connectivity index (χ0) is 31.1. The van der Waals surface area contributed by atoms with Crippen molar-refractivity contribution in [3.8, 4) is 28.7 Å². The number of benzene rings is 4. The Bertz CT molecular complexity index is 1740. The van der Waals surface area contributed by atoms with Crippen molar-refractivity contribution < 1.29 is 33.3 Å². The molecule has 0 aromatic heterocycles. The predicted octanol–water partition coefficient (Wildman–Crippen LogP) is 6.29. The molecule has 11 heteroatoms. The van der Waals surface area contributed by atoms with Crippen molar-refractivity contribution in [2.75, 3.05) is 14.2 Å². The summed E-state index contributed by atoms with van der Waals surface area (Å²) in [5, 5.41) is 3.09. The van der Waals surface area contributed by atoms with Crippen LogP contribution < -0.4 is 24.3 Å². The third kappa shape index (κ3) is 6.25. The number of rotatable bonds is 9. The molecule has 4 aromatic rings. The second-order valence-corrected chi connectivity index (χ2v) is 11.6. The van der Waals surface area contributed by atoms with Gasteiger partial charge in [0.05, 0.1) is 26.7 Å². The minimum absolute atomic E-state index is 0. The molecule has 4 aromatic carbocycles. The SMILES string of the molecule is COc1ccc(CN2C(=O)N[C@](CC3c4ccccc4Oc4ccccc43)([C@H]3C[C@@H]3C(=O)Oc3ccc(OC)cc3)C2=O)cc1.S.S. The second-order valence-electron chi connectivity index (χ2n) is 11.6. The minimum atomic E-state index is -1.34. The van der Waals surface area contributed by atoms with Crippen LogP contribution in [0.3, 0.4) is 0 Å². The van der Waals surface area contributed by atoms with Crippen LogP contribution >= 0.6 is 27.0 Å². The molecule has 0 radical (unpaired) electrons. The fourth-order valence-corrected chi connectivity index (χ4v) is 6.63. The molecule has 1 N–H and O–H groups in total. The predicted molar refractivity (Wildman–Crippen MR) is 185 cm³/mol. The Morgan fingerprint density at radius 3 is 1.91 bits per heavy atom. The number of imide groups is 1. The molecule has 1 aliphatic carbocycles. The average Bonchev–Trinajstić information content (AvgIpc) is 3.85. The van der Waals surface area contributed by atoms with E-state index in [1.165, 1.54) is 4.90 Å². The van der Waals surface area contributed by atoms with Crippen LogP contribution in [0.1, 0.15) is 35.4 Å². The van der Waals surface area contributed by atoms with E-state index in [0.29, 0.717) is 35.2 Å². The van der Waals surface area contributed by atoms with Gasteiger partial charge in [-0.2, -0.15) is 27.0 Å². The lowest BCUT2D eigenvalue weighted by atomic mass is 9.75. The van der Waals surface area contributed by atoms with Gasteiger partial charge in [0.25, 0.3) is 5.91 Å². The summed E-state index contributed by atoms with van der Waals surface area (Å²) in [5.74, 6) is 1.03. The maximum atomic E-state index is 14.6. The quantitative estimate of drug-likeness (QED) is 0.127. The molecule has 2 aliphatic heterocycles. The number of hydrogen-bond donors (Lipinski definition) is 1. The van der Waals surface area contributed by atoms with E-state index in [4.69, 9.17) is 18.9 Å². The number of hydrogen-bond acceptors (Lipinski definition) is 7. The monoisotopic (exact) mass is 672 g/mol. The molecular weight excluding hydrogens is 637 g/mol. The Kier molecular flexibility index (Phi) is 9.78. The normalized spacial score (nSPS) is 20.8. The van der Waals surface area contributed by atoms with Crippen molar-refractivity contribution in [2.45, 2.75) is 30.8 Å². The van der Waals surface area contributed by atoms with Gasteiger partial charge in [-0.15, -0.1) is 0 Å². The lowest BCUT2D eigenvalue weighted by molar-refractivity contribution is -0.137. The molecule has 3 amide bonds. The highest BCUT2D eigenvalue weighted by Gasteiger charge is 2.66. The number of urea groups is 1. The highest BCUT2D eigenvalue weighted by atomic mass is 32.1. The molecule has 0 unspecified atom stereocenters. The van der Waals surface area contributed by atoms with Gasteiger partial charge in [0.15, 0.2) is 0 Å². The number of fused-ring (bicyclic) bond motifs is 2. The Morgan fingerprint density at radius 2 is 1.34 bits per heavy atom. The highest BCUT2D eigenvalue weighted by Crippen LogP contribution is 2.56. The van der Waals surface area contributed by atoms with Gasteiger partial charge in [-0.05, 0) is 66.9 Å². The van der Waals surface area contributed by atoms with E-state index in [2.05, 4.69) is 5.32 Å². The Labute approximate surface area is 287 Å². The summed E-state index contributed by atoms with van der Waals surface area (Å²) < 4.78 is 22.4. The van der Waals surface area contributed by atoms with Crippen LogP contribution in [0.5, 0.6) is 28.7 Å². The average molecular weight is 673 g/mol. The third-order valence-electron chi connectivity index (χ3n) is 9.04. The lowest BCUT2D eigenvalue weighted by Gasteiger charge is -2.35. The van der Waals surface area contributed by atoms with Gasteiger partial charge < -0.3 is 24.3 Å². The molecule has 1 saturated heterocycles. The molecule has 2 fully saturated rings. The topological polar surface area (TPSA) is 103 Å². The van der Waals surface area contributed by atoms with Gasteiger partial charge in [-0.1, -0.05) is 48.5 Å². The van der Waals surface area contributed by atoms with Gasteiger partial charge >= 0.3 is 12.0 Å². The molecule has 244 valence electrons. The lowest BCUT2D eigenvalue weighted by Crippen LogP contribution is -2.51. The summed E-state index contributed by atoms with van der Waals surface area (Å²) in [6.07, 6.45) is 0.662. The number of para-hydroxylation sites is 2. The highest BCUT2D eigenvalue weighted by molar-refractivity contribution is 7.59. The van der Waals surface area contributed by atoms with Crippen LogP contribution in [-0.2, 0) is 16.1 Å². The van der Waals surface area contributed by atoms with Crippen LogP contribution in [0.25, 0.3) is 0 Å². The second kappa shape index (κ2) is 13.6. The zero-order valence-corrected chi connectivity index (χ0v) is 27.9. The molecular formula is C36H36N2O7S2. The van der Waals surface area contributed by atoms with Crippen molar-refractivity contribution >= 4 is 44.9 Å². The Morgan fingerprint density at radius 1 is 0.809 bits per heavy atom. The fraction of sp³-hybridized carbons (Fsp3) is 0.250. The van der Waals surface area contributed by atoms with Crippen molar-refractivity contribution in [1.82, 2.24) is 10.2 Å². The molecule has 3 aliphatic rings. The number of nitrogens with zero attached hydrogens (tertiary/aromatic N) is 1. The first-order valence-corrected chi connectivity index (χ1v) is 14.9. The summed E-state index contributed by atoms with van der Waals surface area (Å²) in [7, 11) is 3.15. The van der Waals surface area contributed by atoms with Crippen LogP contribution in [0.15, 0.2) is 97.1 Å². The number of methoxy groups -OCH3 is 2. The van der Waals surface area contributed by atoms with Gasteiger partial charge in [0.2, 0.25) is 0 Å². The Hall–Kier alpha value is -4.61. The van der Waals surface area contributed by atoms with E-state index >= 15 is 0 Å². The first-order valence-electron chi connectivity index (χ1n) is 14.9. The summed E-state index contributed by atoms with van der Waals surface area (Å²) in [5.41, 5.74) is 1.28. The van der Waals surface area contributed by atoms with Crippen molar-refractivity contribution in [3.05, 3.63) is 114 Å². The molecule has 47 heavy (non-hydrogen) atoms. The number of amides is 3. The molecule has 1 saturated carbocycles. The summed E-state index contributed by atoms with van der Waals surface area (Å²) in [6, 6.07) is 29.0. The largest absolute Gasteiger partial charge is 0.497 e. The van der Waals surface area contributed by atoms with E-state index in [9.17, 15) is 14.4 Å². The maximum Gasteiger partial charge on any atom is 0.325 e. The van der Waals surface area contributed by atoms with E-state index in [1.807, 2.05) is 60.7 Å². The fourth-order valence-electron chi connectivity index (χ4n) is 6.63. The molecule has 7 rings (SSSR count). The summed E-state index contributed by atoms with van der Waals surface area (Å²) >= 11 is 0. The van der Waals surface area contributed by atoms with Crippen molar-refractivity contribution in [2.24, 2.45) is 11.8 Å². The van der Waals surface area contributed by atoms with Crippen molar-refractivity contribution in [3.63, 3.8) is 0 Å². The van der Waals surface area contributed by atoms with Crippen LogP contribution in [-0.4, -0.2) is 42.6 Å². The minimum Gasteiger partial charge on any atom is -0.497 e. The van der Waals surface area contributed by atoms with Crippen LogP contribution in [0, 0.1) is 11.8 Å². The smallest absolute Gasteiger partial charge is 0.325 e. The molecule has 9 nitrogen and oxygen atoms in total. The standard InChI is InChI=1S/C36H32N2O7.2H2S/c1-42-23-13-11-22(12-14-23)21-38-34(40)36(37-35(38)41,30-19-28(30)33(39)44-25-17-15-24(43-2)16-18-25)20-29-26-7-3-5-9-31(26)45-32-10-6-4-8-27(29)32;;/h3-18,28-30H,19-21H2,1-2H3,(H,37,41);2*1H2/t28-,30-,36+;;/m0../s1. The first kappa shape index (κ1) is 33.7. The van der Waals surface area contributed by atoms with Gasteiger partial charge in [-0.25, -0.2) is 4.79 Å². The molecule has 0 spiro atoms. The number of carbonyl (C=O) groups excluding carboxylic acids is 3. The van der Waals surface area contributed by atoms with E-state index in [0.717, 1.165) is 16.7 Å². The van der Waals surface area contributed by atoms with Gasteiger partial charge in [-0.3, -0.25) is 14.5 Å². The number of esters is 1. The number of carbonyl (C=O) groups is 3. The number of nitrogens with one attached hydrogen (secondary N) is 1. The zero-order valence-electron chi connectivity index (χ0n) is 25.9. The maximum absolute atomic E-state index is 14.6. The van der Waals surface area contributed by atoms with E-state index in [-0.39, 0.29) is 51.8 Å². The molecule has 2 heterocycles. The van der Waals surface area contributed by atoms with E-state index in [1.54, 1.807) is 50.6 Å². The van der Waals surface area contributed by atoms with E-state index < -0.39 is 29.4 Å². The van der Waals surface area contributed by atoms with Crippen molar-refractivity contribution in [1.29, 1.82) is 0 Å². The van der Waals surface area contributed by atoms with Crippen LogP contribution in [0.2, 0.25) is 0 Å². The third-order valence-corrected chi connectivity index (χ3v) is 9.04. The number of ether oxygens (including phenoxy) is 4. The first-order chi connectivity index (χ1) is 21.9.